The fraction of sp³-hybridized carbons (Fsp3) is 0.150. The standard InChI is InChI=1S/C20H19N3O17S5/c1-10(24)21-15-8-13(44(30,31)32)6-11-7-16(41-39-37-26)19(20(25)18(11)15)23-22-14-3-2-12(9-17(14)45(33,34)35)43(28,29)5-4-36-42-40-38-27/h2-3,6-9,25-27H,4-5H2,1H3,(H,21,24)(H,30,31,32)(H,33,34,35). The number of aromatic hydroxyl groups is 1. The Balaban J connectivity index is 2.18. The second-order valence-corrected chi connectivity index (χ2v) is 14.4. The summed E-state index contributed by atoms with van der Waals surface area (Å²) in [4.78, 5) is 9.23. The molecule has 0 bridgehead atoms. The van der Waals surface area contributed by atoms with E-state index in [0.717, 1.165) is 37.3 Å². The van der Waals surface area contributed by atoms with Crippen LogP contribution in [-0.4, -0.2) is 68.2 Å². The van der Waals surface area contributed by atoms with E-state index in [-0.39, 0.29) is 45.7 Å². The summed E-state index contributed by atoms with van der Waals surface area (Å²) >= 11 is 0.301. The van der Waals surface area contributed by atoms with Gasteiger partial charge in [0.25, 0.3) is 20.2 Å². The van der Waals surface area contributed by atoms with Crippen LogP contribution in [0, 0.1) is 0 Å². The summed E-state index contributed by atoms with van der Waals surface area (Å²) < 4.78 is 105. The van der Waals surface area contributed by atoms with E-state index >= 15 is 0 Å². The van der Waals surface area contributed by atoms with Crippen molar-refractivity contribution in [3.05, 3.63) is 36.4 Å². The predicted molar refractivity (Wildman–Crippen MR) is 151 cm³/mol. The molecule has 0 saturated heterocycles. The lowest BCUT2D eigenvalue weighted by atomic mass is 10.1. The largest absolute Gasteiger partial charge is 0.505 e. The molecular formula is C20H19N3O17S5. The van der Waals surface area contributed by atoms with E-state index in [1.165, 1.54) is 0 Å². The second kappa shape index (κ2) is 15.0. The van der Waals surface area contributed by atoms with E-state index in [9.17, 15) is 44.3 Å². The van der Waals surface area contributed by atoms with Gasteiger partial charge in [0.1, 0.15) is 16.3 Å². The average Bonchev–Trinajstić information content (AvgIpc) is 2.93. The van der Waals surface area contributed by atoms with Gasteiger partial charge >= 0.3 is 0 Å². The van der Waals surface area contributed by atoms with Crippen LogP contribution in [0.3, 0.4) is 0 Å². The van der Waals surface area contributed by atoms with Crippen molar-refractivity contribution >= 4 is 88.2 Å². The molecule has 0 heterocycles. The molecule has 3 rings (SSSR count). The van der Waals surface area contributed by atoms with Crippen molar-refractivity contribution in [3.63, 3.8) is 0 Å². The van der Waals surface area contributed by atoms with Gasteiger partial charge in [-0.25, -0.2) is 18.9 Å². The number of benzene rings is 3. The molecule has 20 nitrogen and oxygen atoms in total. The van der Waals surface area contributed by atoms with E-state index in [2.05, 4.69) is 38.5 Å². The maximum atomic E-state index is 12.6. The Morgan fingerprint density at radius 1 is 0.911 bits per heavy atom. The summed E-state index contributed by atoms with van der Waals surface area (Å²) in [5.74, 6) is -2.24. The number of phenols is 1. The lowest BCUT2D eigenvalue weighted by Crippen LogP contribution is -2.12. The van der Waals surface area contributed by atoms with Crippen LogP contribution >= 0.6 is 24.4 Å². The number of azo groups is 1. The van der Waals surface area contributed by atoms with Gasteiger partial charge in [0.05, 0.1) is 44.8 Å². The Morgan fingerprint density at radius 3 is 2.20 bits per heavy atom. The van der Waals surface area contributed by atoms with Crippen LogP contribution in [0.2, 0.25) is 0 Å². The van der Waals surface area contributed by atoms with Gasteiger partial charge in [0, 0.05) is 12.3 Å². The van der Waals surface area contributed by atoms with Crippen molar-refractivity contribution in [3.8, 4) is 5.75 Å². The van der Waals surface area contributed by atoms with Gasteiger partial charge in [0.2, 0.25) is 5.91 Å². The van der Waals surface area contributed by atoms with Gasteiger partial charge in [-0.3, -0.25) is 18.1 Å². The lowest BCUT2D eigenvalue weighted by Gasteiger charge is -2.14. The number of carbonyl (C=O) groups excluding carboxylic acids is 1. The molecule has 6 N–H and O–H groups in total. The second-order valence-electron chi connectivity index (χ2n) is 8.18. The predicted octanol–water partition coefficient (Wildman–Crippen LogP) is 3.62. The molecule has 246 valence electrons. The number of anilines is 1. The van der Waals surface area contributed by atoms with Gasteiger partial charge in [-0.2, -0.15) is 16.8 Å². The highest BCUT2D eigenvalue weighted by molar-refractivity contribution is 7.94. The average molecular weight is 734 g/mol. The fourth-order valence-corrected chi connectivity index (χ4v) is 6.71. The van der Waals surface area contributed by atoms with Crippen LogP contribution in [0.25, 0.3) is 10.8 Å². The maximum Gasteiger partial charge on any atom is 0.296 e. The molecule has 0 unspecified atom stereocenters. The highest BCUT2D eigenvalue weighted by Gasteiger charge is 2.24. The Kier molecular flexibility index (Phi) is 12.2. The van der Waals surface area contributed by atoms with Gasteiger partial charge in [-0.1, -0.05) is 10.1 Å². The van der Waals surface area contributed by atoms with E-state index < -0.39 is 80.2 Å². The smallest absolute Gasteiger partial charge is 0.296 e. The molecule has 0 aromatic heterocycles. The minimum Gasteiger partial charge on any atom is -0.505 e. The van der Waals surface area contributed by atoms with Crippen LogP contribution in [0.5, 0.6) is 5.75 Å². The summed E-state index contributed by atoms with van der Waals surface area (Å²) in [6.07, 6.45) is 0. The number of fused-ring (bicyclic) bond motifs is 1. The van der Waals surface area contributed by atoms with E-state index in [0.29, 0.717) is 6.07 Å². The quantitative estimate of drug-likeness (QED) is 0.0324. The first-order chi connectivity index (χ1) is 21.0. The zero-order chi connectivity index (χ0) is 33.6. The van der Waals surface area contributed by atoms with Gasteiger partial charge < -0.3 is 10.4 Å². The van der Waals surface area contributed by atoms with Crippen molar-refractivity contribution in [1.29, 1.82) is 0 Å². The van der Waals surface area contributed by atoms with Crippen LogP contribution < -0.4 is 5.32 Å². The van der Waals surface area contributed by atoms with Crippen LogP contribution in [0.4, 0.5) is 17.1 Å². The number of rotatable bonds is 15. The van der Waals surface area contributed by atoms with Crippen molar-refractivity contribution in [2.24, 2.45) is 10.2 Å². The maximum absolute atomic E-state index is 12.6. The number of carbonyl (C=O) groups is 1. The third-order valence-electron chi connectivity index (χ3n) is 5.25. The van der Waals surface area contributed by atoms with Crippen molar-refractivity contribution in [1.82, 2.24) is 0 Å². The first-order valence-electron chi connectivity index (χ1n) is 11.3. The minimum absolute atomic E-state index is 0.105. The Labute approximate surface area is 261 Å². The summed E-state index contributed by atoms with van der Waals surface area (Å²) in [6, 6.07) is 5.19. The number of nitrogens with one attached hydrogen (secondary N) is 1. The molecule has 0 radical (unpaired) electrons. The minimum atomic E-state index is -5.15. The molecule has 3 aromatic carbocycles. The molecule has 0 aliphatic heterocycles. The van der Waals surface area contributed by atoms with Gasteiger partial charge in [0.15, 0.2) is 27.9 Å². The molecule has 0 aliphatic rings. The Hall–Kier alpha value is -3.02. The normalized spacial score (nSPS) is 12.6. The van der Waals surface area contributed by atoms with Crippen LogP contribution in [-0.2, 0) is 57.8 Å². The first-order valence-corrected chi connectivity index (χ1v) is 17.2. The molecule has 0 saturated carbocycles. The summed E-state index contributed by atoms with van der Waals surface area (Å²) in [5, 5.41) is 44.0. The molecule has 45 heavy (non-hydrogen) atoms. The molecule has 1 amide bonds. The third kappa shape index (κ3) is 9.50. The Bertz CT molecular complexity index is 1950. The highest BCUT2D eigenvalue weighted by Crippen LogP contribution is 2.47. The summed E-state index contributed by atoms with van der Waals surface area (Å²) in [6.45, 7) is 0.556. The molecule has 3 aromatic rings. The zero-order valence-electron chi connectivity index (χ0n) is 21.9. The van der Waals surface area contributed by atoms with Gasteiger partial charge in [-0.15, -0.1) is 18.9 Å². The van der Waals surface area contributed by atoms with E-state index in [4.69, 9.17) is 10.5 Å². The lowest BCUT2D eigenvalue weighted by molar-refractivity contribution is -0.434. The molecule has 0 spiro atoms. The number of phenolic OH excluding ortho intramolecular Hbond substituents is 1. The van der Waals surface area contributed by atoms with E-state index in [1.807, 2.05) is 0 Å². The SMILES string of the molecule is CC(=O)Nc1cc(S(=O)(=O)O)cc2cc(SOOO)c(N=Nc3ccc(S(=O)(=O)CCOSOOO)cc3S(=O)(=O)O)c(O)c12. The molecule has 0 fully saturated rings. The van der Waals surface area contributed by atoms with Crippen LogP contribution in [0.15, 0.2) is 66.2 Å². The summed E-state index contributed by atoms with van der Waals surface area (Å²) in [7, 11) is -14.2. The van der Waals surface area contributed by atoms with E-state index in [1.54, 1.807) is 0 Å². The molecule has 25 heteroatoms. The zero-order valence-corrected chi connectivity index (χ0v) is 26.0. The number of hydrogen-bond donors (Lipinski definition) is 6. The Morgan fingerprint density at radius 2 is 1.60 bits per heavy atom. The van der Waals surface area contributed by atoms with Crippen molar-refractivity contribution in [2.45, 2.75) is 26.5 Å². The summed E-state index contributed by atoms with van der Waals surface area (Å²) in [5.41, 5.74) is -1.49. The fourth-order valence-electron chi connectivity index (χ4n) is 3.52. The highest BCUT2D eigenvalue weighted by atomic mass is 32.2. The van der Waals surface area contributed by atoms with Crippen molar-refractivity contribution < 1.29 is 77.7 Å². The first kappa shape index (κ1) is 36.4. The molecule has 0 atom stereocenters. The number of sulfone groups is 1. The number of amides is 1. The van der Waals surface area contributed by atoms with Crippen LogP contribution in [0.1, 0.15) is 6.92 Å². The molecular weight excluding hydrogens is 715 g/mol. The topological polar surface area (TPSA) is 304 Å². The third-order valence-corrected chi connectivity index (χ3v) is 9.64. The monoisotopic (exact) mass is 733 g/mol. The number of nitrogens with zero attached hydrogens (tertiary/aromatic N) is 2. The van der Waals surface area contributed by atoms with Crippen molar-refractivity contribution in [2.75, 3.05) is 17.7 Å². The molecule has 0 aliphatic carbocycles. The number of hydrogen-bond acceptors (Lipinski definition) is 19. The van der Waals surface area contributed by atoms with Gasteiger partial charge in [-0.05, 0) is 41.8 Å².